The summed E-state index contributed by atoms with van der Waals surface area (Å²) >= 11 is 5.47. The summed E-state index contributed by atoms with van der Waals surface area (Å²) in [6.07, 6.45) is -3.74. The highest BCUT2D eigenvalue weighted by atomic mass is 35.5. The third-order valence-corrected chi connectivity index (χ3v) is 3.46. The molecule has 0 aliphatic heterocycles. The first kappa shape index (κ1) is 18.1. The second-order valence-corrected chi connectivity index (χ2v) is 6.51. The van der Waals surface area contributed by atoms with Crippen molar-refractivity contribution in [3.8, 4) is 0 Å². The molecule has 0 aliphatic rings. The average Bonchev–Trinajstić information content (AvgIpc) is 2.30. The van der Waals surface area contributed by atoms with E-state index in [9.17, 15) is 26.0 Å². The third kappa shape index (κ3) is 6.16. The fourth-order valence-electron chi connectivity index (χ4n) is 1.57. The lowest BCUT2D eigenvalue weighted by Gasteiger charge is -2.22. The van der Waals surface area contributed by atoms with Crippen LogP contribution in [-0.2, 0) is 10.0 Å². The van der Waals surface area contributed by atoms with Gasteiger partial charge in [0, 0.05) is 13.1 Å². The van der Waals surface area contributed by atoms with Gasteiger partial charge < -0.3 is 5.32 Å². The molecular weight excluding hydrogens is 336 g/mol. The third-order valence-electron chi connectivity index (χ3n) is 2.44. The van der Waals surface area contributed by atoms with Crippen molar-refractivity contribution in [1.82, 2.24) is 10.0 Å². The van der Waals surface area contributed by atoms with Crippen LogP contribution in [0.25, 0.3) is 0 Å². The van der Waals surface area contributed by atoms with Gasteiger partial charge in [-0.2, -0.15) is 13.2 Å². The van der Waals surface area contributed by atoms with E-state index in [-0.39, 0.29) is 18.7 Å². The van der Waals surface area contributed by atoms with Crippen LogP contribution in [0.2, 0.25) is 5.02 Å². The van der Waals surface area contributed by atoms with Gasteiger partial charge in [0.25, 0.3) is 0 Å². The van der Waals surface area contributed by atoms with E-state index in [0.29, 0.717) is 0 Å². The van der Waals surface area contributed by atoms with E-state index in [1.807, 2.05) is 0 Å². The van der Waals surface area contributed by atoms with Crippen molar-refractivity contribution in [2.45, 2.75) is 12.2 Å². The lowest BCUT2D eigenvalue weighted by molar-refractivity contribution is -0.157. The zero-order valence-electron chi connectivity index (χ0n) is 10.8. The van der Waals surface area contributed by atoms with Crippen LogP contribution in [0, 0.1) is 5.82 Å². The van der Waals surface area contributed by atoms with Gasteiger partial charge >= 0.3 is 6.18 Å². The quantitative estimate of drug-likeness (QED) is 0.612. The Hall–Kier alpha value is -0.900. The van der Waals surface area contributed by atoms with Gasteiger partial charge in [0.15, 0.2) is 0 Å². The van der Waals surface area contributed by atoms with Crippen molar-refractivity contribution < 1.29 is 26.0 Å². The molecule has 0 saturated carbocycles. The fraction of sp³-hybridized carbons (Fsp3) is 0.455. The summed E-state index contributed by atoms with van der Waals surface area (Å²) in [5.41, 5.74) is -0.256. The molecule has 1 rings (SSSR count). The van der Waals surface area contributed by atoms with Gasteiger partial charge in [-0.1, -0.05) is 17.7 Å². The Kier molecular flexibility index (Phi) is 5.97. The minimum absolute atomic E-state index is 0.208. The molecule has 1 atom stereocenters. The van der Waals surface area contributed by atoms with E-state index in [2.05, 4.69) is 10.0 Å². The standard InChI is InChI=1S/C11H13ClF4N2O2S/c1-21(19,20)18-5-4-17-10(11(14,15)16)7-2-3-9(13)8(12)6-7/h2-3,6,10,17-18H,4-5H2,1H3. The monoisotopic (exact) mass is 348 g/mol. The van der Waals surface area contributed by atoms with Crippen molar-refractivity contribution in [3.63, 3.8) is 0 Å². The van der Waals surface area contributed by atoms with Crippen LogP contribution in [0.3, 0.4) is 0 Å². The number of sulfonamides is 1. The highest BCUT2D eigenvalue weighted by Gasteiger charge is 2.40. The highest BCUT2D eigenvalue weighted by molar-refractivity contribution is 7.88. The Balaban J connectivity index is 2.80. The molecule has 4 nitrogen and oxygen atoms in total. The van der Waals surface area contributed by atoms with Gasteiger partial charge in [0.05, 0.1) is 11.3 Å². The molecule has 10 heteroatoms. The number of halogens is 5. The van der Waals surface area contributed by atoms with Crippen LogP contribution in [0.4, 0.5) is 17.6 Å². The van der Waals surface area contributed by atoms with Crippen LogP contribution in [-0.4, -0.2) is 33.9 Å². The normalized spacial score (nSPS) is 14.2. The van der Waals surface area contributed by atoms with Crippen LogP contribution in [0.15, 0.2) is 18.2 Å². The van der Waals surface area contributed by atoms with E-state index in [1.54, 1.807) is 0 Å². The van der Waals surface area contributed by atoms with Gasteiger partial charge in [-0.3, -0.25) is 0 Å². The van der Waals surface area contributed by atoms with E-state index in [4.69, 9.17) is 11.6 Å². The predicted octanol–water partition coefficient (Wildman–Crippen LogP) is 2.22. The molecule has 0 radical (unpaired) electrons. The number of nitrogens with one attached hydrogen (secondary N) is 2. The molecule has 0 fully saturated rings. The first-order valence-electron chi connectivity index (χ1n) is 5.70. The minimum Gasteiger partial charge on any atom is -0.301 e. The SMILES string of the molecule is CS(=O)(=O)NCCNC(c1ccc(F)c(Cl)c1)C(F)(F)F. The second kappa shape index (κ2) is 6.91. The van der Waals surface area contributed by atoms with Crippen LogP contribution in [0.1, 0.15) is 11.6 Å². The molecular formula is C11H13ClF4N2O2S. The second-order valence-electron chi connectivity index (χ2n) is 4.27. The van der Waals surface area contributed by atoms with Crippen molar-refractivity contribution in [2.24, 2.45) is 0 Å². The van der Waals surface area contributed by atoms with E-state index in [1.165, 1.54) is 0 Å². The Labute approximate surface area is 124 Å². The number of alkyl halides is 3. The molecule has 1 unspecified atom stereocenters. The van der Waals surface area contributed by atoms with Gasteiger partial charge in [-0.25, -0.2) is 17.5 Å². The largest absolute Gasteiger partial charge is 0.407 e. The summed E-state index contributed by atoms with van der Waals surface area (Å²) in [6.45, 7) is -0.466. The Morgan fingerprint density at radius 2 is 1.90 bits per heavy atom. The van der Waals surface area contributed by atoms with E-state index < -0.39 is 33.1 Å². The first-order valence-corrected chi connectivity index (χ1v) is 7.97. The molecule has 0 saturated heterocycles. The van der Waals surface area contributed by atoms with E-state index in [0.717, 1.165) is 24.5 Å². The average molecular weight is 349 g/mol. The van der Waals surface area contributed by atoms with E-state index >= 15 is 0 Å². The number of benzene rings is 1. The summed E-state index contributed by atoms with van der Waals surface area (Å²) in [4.78, 5) is 0. The smallest absolute Gasteiger partial charge is 0.301 e. The number of rotatable bonds is 6. The molecule has 0 amide bonds. The molecule has 21 heavy (non-hydrogen) atoms. The Morgan fingerprint density at radius 3 is 2.38 bits per heavy atom. The number of hydrogen-bond donors (Lipinski definition) is 2. The molecule has 0 spiro atoms. The summed E-state index contributed by atoms with van der Waals surface area (Å²) in [5, 5.41) is 1.74. The van der Waals surface area contributed by atoms with Crippen molar-refractivity contribution in [3.05, 3.63) is 34.6 Å². The molecule has 1 aromatic carbocycles. The summed E-state index contributed by atoms with van der Waals surface area (Å²) in [5.74, 6) is -0.819. The summed E-state index contributed by atoms with van der Waals surface area (Å²) in [7, 11) is -3.48. The highest BCUT2D eigenvalue weighted by Crippen LogP contribution is 2.33. The van der Waals surface area contributed by atoms with Crippen LogP contribution >= 0.6 is 11.6 Å². The lowest BCUT2D eigenvalue weighted by atomic mass is 10.1. The lowest BCUT2D eigenvalue weighted by Crippen LogP contribution is -2.39. The van der Waals surface area contributed by atoms with Crippen molar-refractivity contribution in [1.29, 1.82) is 0 Å². The molecule has 1 aromatic rings. The zero-order chi connectivity index (χ0) is 16.3. The molecule has 0 heterocycles. The van der Waals surface area contributed by atoms with Gasteiger partial charge in [0.1, 0.15) is 11.9 Å². The van der Waals surface area contributed by atoms with Gasteiger partial charge in [0.2, 0.25) is 10.0 Å². The van der Waals surface area contributed by atoms with Crippen molar-refractivity contribution in [2.75, 3.05) is 19.3 Å². The first-order chi connectivity index (χ1) is 9.50. The van der Waals surface area contributed by atoms with Crippen molar-refractivity contribution >= 4 is 21.6 Å². The maximum atomic E-state index is 13.0. The topological polar surface area (TPSA) is 58.2 Å². The Bertz CT molecular complexity index is 592. The Morgan fingerprint density at radius 1 is 1.29 bits per heavy atom. The molecule has 2 N–H and O–H groups in total. The molecule has 0 aliphatic carbocycles. The summed E-state index contributed by atoms with van der Waals surface area (Å²) in [6, 6.07) is 0.617. The number of hydrogen-bond acceptors (Lipinski definition) is 3. The van der Waals surface area contributed by atoms with Gasteiger partial charge in [-0.15, -0.1) is 0 Å². The molecule has 0 bridgehead atoms. The minimum atomic E-state index is -4.63. The van der Waals surface area contributed by atoms with Crippen LogP contribution in [0.5, 0.6) is 0 Å². The van der Waals surface area contributed by atoms with Gasteiger partial charge in [-0.05, 0) is 17.7 Å². The summed E-state index contributed by atoms with van der Waals surface area (Å²) < 4.78 is 75.5. The van der Waals surface area contributed by atoms with Crippen LogP contribution < -0.4 is 10.0 Å². The molecule has 0 aromatic heterocycles. The molecule has 120 valence electrons. The maximum absolute atomic E-state index is 13.0. The predicted molar refractivity (Wildman–Crippen MR) is 71.1 cm³/mol. The maximum Gasteiger partial charge on any atom is 0.407 e. The zero-order valence-corrected chi connectivity index (χ0v) is 12.4. The fourth-order valence-corrected chi connectivity index (χ4v) is 2.23.